The Labute approximate surface area is 109 Å². The van der Waals surface area contributed by atoms with Gasteiger partial charge in [-0.05, 0) is 37.9 Å². The monoisotopic (exact) mass is 243 g/mol. The summed E-state index contributed by atoms with van der Waals surface area (Å²) in [6.45, 7) is 3.23. The second-order valence-corrected chi connectivity index (χ2v) is 4.49. The Morgan fingerprint density at radius 1 is 1.06 bits per heavy atom. The van der Waals surface area contributed by atoms with Crippen molar-refractivity contribution in [3.05, 3.63) is 54.6 Å². The average Bonchev–Trinajstić information content (AvgIpc) is 2.92. The molecule has 0 aliphatic heterocycles. The van der Waals surface area contributed by atoms with Gasteiger partial charge in [0, 0.05) is 18.9 Å². The van der Waals surface area contributed by atoms with Crippen molar-refractivity contribution in [2.45, 2.75) is 25.8 Å². The van der Waals surface area contributed by atoms with Gasteiger partial charge < -0.3 is 9.88 Å². The highest BCUT2D eigenvalue weighted by molar-refractivity contribution is 5.14. The lowest BCUT2D eigenvalue weighted by molar-refractivity contribution is 0.569. The van der Waals surface area contributed by atoms with E-state index in [4.69, 9.17) is 0 Å². The van der Waals surface area contributed by atoms with Crippen LogP contribution in [0.25, 0.3) is 0 Å². The van der Waals surface area contributed by atoms with Crippen LogP contribution in [0.1, 0.15) is 18.4 Å². The topological polar surface area (TPSA) is 29.9 Å². The maximum Gasteiger partial charge on any atom is 0.0945 e. The van der Waals surface area contributed by atoms with E-state index in [1.54, 1.807) is 0 Å². The lowest BCUT2D eigenvalue weighted by Gasteiger charge is -2.05. The smallest absolute Gasteiger partial charge is 0.0945 e. The van der Waals surface area contributed by atoms with E-state index < -0.39 is 0 Å². The molecule has 0 amide bonds. The number of nitrogens with zero attached hydrogens (tertiary/aromatic N) is 2. The molecule has 0 radical (unpaired) electrons. The number of hydrogen-bond acceptors (Lipinski definition) is 2. The van der Waals surface area contributed by atoms with Crippen molar-refractivity contribution in [1.82, 2.24) is 14.9 Å². The first-order valence-corrected chi connectivity index (χ1v) is 6.65. The van der Waals surface area contributed by atoms with Gasteiger partial charge in [-0.1, -0.05) is 30.3 Å². The van der Waals surface area contributed by atoms with E-state index in [-0.39, 0.29) is 0 Å². The molecule has 1 aromatic heterocycles. The van der Waals surface area contributed by atoms with Crippen molar-refractivity contribution in [3.8, 4) is 0 Å². The Morgan fingerprint density at radius 2 is 1.94 bits per heavy atom. The van der Waals surface area contributed by atoms with E-state index in [1.165, 1.54) is 18.4 Å². The minimum absolute atomic E-state index is 1.06. The van der Waals surface area contributed by atoms with Gasteiger partial charge in [-0.25, -0.2) is 4.98 Å². The fourth-order valence-corrected chi connectivity index (χ4v) is 1.97. The third kappa shape index (κ3) is 4.72. The van der Waals surface area contributed by atoms with Crippen molar-refractivity contribution in [3.63, 3.8) is 0 Å². The van der Waals surface area contributed by atoms with Gasteiger partial charge in [0.2, 0.25) is 0 Å². The maximum atomic E-state index is 4.03. The lowest BCUT2D eigenvalue weighted by atomic mass is 10.1. The molecule has 0 fully saturated rings. The summed E-state index contributed by atoms with van der Waals surface area (Å²) in [5.74, 6) is 0. The Hall–Kier alpha value is -1.61. The first-order valence-electron chi connectivity index (χ1n) is 6.65. The maximum absolute atomic E-state index is 4.03. The zero-order valence-electron chi connectivity index (χ0n) is 10.8. The van der Waals surface area contributed by atoms with Gasteiger partial charge in [0.1, 0.15) is 0 Å². The minimum Gasteiger partial charge on any atom is -0.337 e. The van der Waals surface area contributed by atoms with Crippen LogP contribution in [0.3, 0.4) is 0 Å². The third-order valence-corrected chi connectivity index (χ3v) is 3.01. The van der Waals surface area contributed by atoms with Gasteiger partial charge in [-0.15, -0.1) is 0 Å². The summed E-state index contributed by atoms with van der Waals surface area (Å²) in [6, 6.07) is 10.6. The first kappa shape index (κ1) is 12.8. The summed E-state index contributed by atoms with van der Waals surface area (Å²) in [4.78, 5) is 4.03. The number of aromatic nitrogens is 2. The SMILES string of the molecule is c1ccc(CCNCCCCn2ccnc2)cc1. The molecule has 2 rings (SSSR count). The minimum atomic E-state index is 1.06. The Bertz CT molecular complexity index is 409. The molecular weight excluding hydrogens is 222 g/mol. The van der Waals surface area contributed by atoms with Crippen LogP contribution >= 0.6 is 0 Å². The molecule has 96 valence electrons. The van der Waals surface area contributed by atoms with E-state index in [9.17, 15) is 0 Å². The molecule has 0 atom stereocenters. The second-order valence-electron chi connectivity index (χ2n) is 4.49. The molecule has 0 saturated heterocycles. The van der Waals surface area contributed by atoms with Crippen LogP contribution < -0.4 is 5.32 Å². The van der Waals surface area contributed by atoms with Crippen LogP contribution in [-0.4, -0.2) is 22.6 Å². The number of nitrogens with one attached hydrogen (secondary N) is 1. The van der Waals surface area contributed by atoms with E-state index in [0.29, 0.717) is 0 Å². The molecule has 3 nitrogen and oxygen atoms in total. The third-order valence-electron chi connectivity index (χ3n) is 3.01. The second kappa shape index (κ2) is 7.67. The van der Waals surface area contributed by atoms with Crippen molar-refractivity contribution in [1.29, 1.82) is 0 Å². The van der Waals surface area contributed by atoms with Crippen molar-refractivity contribution in [2.75, 3.05) is 13.1 Å². The highest BCUT2D eigenvalue weighted by Crippen LogP contribution is 1.98. The number of aryl methyl sites for hydroxylation is 1. The standard InChI is InChI=1S/C15H21N3/c1-2-6-15(7-3-1)8-10-16-9-4-5-12-18-13-11-17-14-18/h1-3,6-7,11,13-14,16H,4-5,8-10,12H2. The quantitative estimate of drug-likeness (QED) is 0.722. The highest BCUT2D eigenvalue weighted by atomic mass is 15.0. The Kier molecular flexibility index (Phi) is 5.47. The van der Waals surface area contributed by atoms with E-state index in [0.717, 1.165) is 26.1 Å². The summed E-state index contributed by atoms with van der Waals surface area (Å²) in [7, 11) is 0. The molecule has 2 aromatic rings. The van der Waals surface area contributed by atoms with Crippen molar-refractivity contribution < 1.29 is 0 Å². The van der Waals surface area contributed by atoms with Gasteiger partial charge in [0.25, 0.3) is 0 Å². The van der Waals surface area contributed by atoms with E-state index in [2.05, 4.69) is 45.2 Å². The number of benzene rings is 1. The van der Waals surface area contributed by atoms with Crippen molar-refractivity contribution >= 4 is 0 Å². The number of rotatable bonds is 8. The molecule has 0 bridgehead atoms. The van der Waals surface area contributed by atoms with Crippen molar-refractivity contribution in [2.24, 2.45) is 0 Å². The molecule has 1 heterocycles. The van der Waals surface area contributed by atoms with Crippen LogP contribution in [0.5, 0.6) is 0 Å². The zero-order valence-corrected chi connectivity index (χ0v) is 10.8. The zero-order chi connectivity index (χ0) is 12.5. The predicted octanol–water partition coefficient (Wildman–Crippen LogP) is 2.50. The van der Waals surface area contributed by atoms with Crippen LogP contribution in [0, 0.1) is 0 Å². The molecular formula is C15H21N3. The fourth-order valence-electron chi connectivity index (χ4n) is 1.97. The molecule has 1 aromatic carbocycles. The molecule has 3 heteroatoms. The van der Waals surface area contributed by atoms with Gasteiger partial charge in [0.15, 0.2) is 0 Å². The van der Waals surface area contributed by atoms with Gasteiger partial charge in [-0.3, -0.25) is 0 Å². The molecule has 0 unspecified atom stereocenters. The Balaban J connectivity index is 1.47. The van der Waals surface area contributed by atoms with Crippen LogP contribution in [0.2, 0.25) is 0 Å². The number of hydrogen-bond donors (Lipinski definition) is 1. The normalized spacial score (nSPS) is 10.7. The Morgan fingerprint density at radius 3 is 2.72 bits per heavy atom. The van der Waals surface area contributed by atoms with Crippen LogP contribution in [0.4, 0.5) is 0 Å². The van der Waals surface area contributed by atoms with E-state index in [1.807, 2.05) is 18.7 Å². The molecule has 18 heavy (non-hydrogen) atoms. The molecule has 0 aliphatic carbocycles. The number of unbranched alkanes of at least 4 members (excludes halogenated alkanes) is 1. The van der Waals surface area contributed by atoms with Crippen LogP contribution in [0.15, 0.2) is 49.1 Å². The van der Waals surface area contributed by atoms with Gasteiger partial charge in [-0.2, -0.15) is 0 Å². The van der Waals surface area contributed by atoms with Crippen LogP contribution in [-0.2, 0) is 13.0 Å². The molecule has 1 N–H and O–H groups in total. The summed E-state index contributed by atoms with van der Waals surface area (Å²) < 4.78 is 2.13. The molecule has 0 aliphatic rings. The summed E-state index contributed by atoms with van der Waals surface area (Å²) in [5, 5.41) is 3.49. The van der Waals surface area contributed by atoms with Gasteiger partial charge in [0.05, 0.1) is 6.33 Å². The largest absolute Gasteiger partial charge is 0.337 e. The summed E-state index contributed by atoms with van der Waals surface area (Å²) in [5.41, 5.74) is 1.41. The highest BCUT2D eigenvalue weighted by Gasteiger charge is 1.93. The summed E-state index contributed by atoms with van der Waals surface area (Å²) >= 11 is 0. The lowest BCUT2D eigenvalue weighted by Crippen LogP contribution is -2.18. The van der Waals surface area contributed by atoms with E-state index >= 15 is 0 Å². The van der Waals surface area contributed by atoms with Gasteiger partial charge >= 0.3 is 0 Å². The fraction of sp³-hybridized carbons (Fsp3) is 0.400. The summed E-state index contributed by atoms with van der Waals surface area (Å²) in [6.07, 6.45) is 9.26. The number of imidazole rings is 1. The first-order chi connectivity index (χ1) is 8.95. The molecule has 0 saturated carbocycles. The molecule has 0 spiro atoms. The average molecular weight is 243 g/mol. The predicted molar refractivity (Wildman–Crippen MR) is 74.5 cm³/mol.